The number of rotatable bonds is 5. The third-order valence-corrected chi connectivity index (χ3v) is 8.75. The number of nitrogens with zero attached hydrogens (tertiary/aromatic N) is 5. The van der Waals surface area contributed by atoms with Gasteiger partial charge in [-0.3, -0.25) is 4.90 Å². The molecule has 1 aromatic carbocycles. The summed E-state index contributed by atoms with van der Waals surface area (Å²) in [5, 5.41) is 7.42. The number of carbonyl (C=O) groups is 1. The lowest BCUT2D eigenvalue weighted by atomic mass is 9.79. The van der Waals surface area contributed by atoms with Crippen molar-refractivity contribution >= 4 is 29.0 Å². The average molecular weight is 555 g/mol. The van der Waals surface area contributed by atoms with Gasteiger partial charge in [-0.15, -0.1) is 0 Å². The van der Waals surface area contributed by atoms with Gasteiger partial charge in [0.2, 0.25) is 5.89 Å². The highest BCUT2D eigenvalue weighted by Crippen LogP contribution is 2.58. The van der Waals surface area contributed by atoms with Gasteiger partial charge in [0, 0.05) is 50.7 Å². The van der Waals surface area contributed by atoms with Gasteiger partial charge in [0.1, 0.15) is 5.41 Å². The van der Waals surface area contributed by atoms with Crippen molar-refractivity contribution in [1.82, 2.24) is 19.9 Å². The van der Waals surface area contributed by atoms with Crippen LogP contribution < -0.4 is 10.2 Å². The van der Waals surface area contributed by atoms with Crippen LogP contribution in [-0.4, -0.2) is 77.5 Å². The van der Waals surface area contributed by atoms with E-state index in [1.54, 1.807) is 11.0 Å². The molecule has 1 aliphatic carbocycles. The van der Waals surface area contributed by atoms with Crippen LogP contribution >= 0.6 is 11.6 Å². The number of piperidine rings is 1. The van der Waals surface area contributed by atoms with Crippen molar-refractivity contribution in [3.05, 3.63) is 34.9 Å². The number of urea groups is 1. The van der Waals surface area contributed by atoms with Gasteiger partial charge < -0.3 is 19.6 Å². The van der Waals surface area contributed by atoms with E-state index in [9.17, 15) is 18.0 Å². The Morgan fingerprint density at radius 2 is 1.74 bits per heavy atom. The predicted octanol–water partition coefficient (Wildman–Crippen LogP) is 5.43. The Morgan fingerprint density at radius 1 is 1.08 bits per heavy atom. The number of alkyl halides is 3. The van der Waals surface area contributed by atoms with E-state index < -0.39 is 17.0 Å². The van der Waals surface area contributed by atoms with Crippen molar-refractivity contribution in [1.29, 1.82) is 0 Å². The summed E-state index contributed by atoms with van der Waals surface area (Å²) >= 11 is 6.53. The predicted molar refractivity (Wildman–Crippen MR) is 139 cm³/mol. The summed E-state index contributed by atoms with van der Waals surface area (Å²) in [4.78, 5) is 23.8. The van der Waals surface area contributed by atoms with Crippen LogP contribution in [0.3, 0.4) is 0 Å². The van der Waals surface area contributed by atoms with E-state index in [0.29, 0.717) is 42.7 Å². The number of piperazine rings is 1. The molecular weight excluding hydrogens is 521 g/mol. The molecule has 5 rings (SSSR count). The number of benzene rings is 1. The van der Waals surface area contributed by atoms with Crippen molar-refractivity contribution in [3.63, 3.8) is 0 Å². The summed E-state index contributed by atoms with van der Waals surface area (Å²) in [5.74, 6) is -0.0705. The number of aromatic nitrogens is 2. The molecule has 0 radical (unpaired) electrons. The fraction of sp³-hybridized carbons (Fsp3) is 0.654. The van der Waals surface area contributed by atoms with E-state index >= 15 is 0 Å². The maximum Gasteiger partial charge on any atom is 0.403 e. The molecule has 1 saturated carbocycles. The van der Waals surface area contributed by atoms with Gasteiger partial charge in [-0.2, -0.15) is 18.2 Å². The van der Waals surface area contributed by atoms with Gasteiger partial charge in [0.15, 0.2) is 5.82 Å². The van der Waals surface area contributed by atoms with Crippen LogP contribution in [0.25, 0.3) is 0 Å². The Morgan fingerprint density at radius 3 is 2.32 bits per heavy atom. The summed E-state index contributed by atoms with van der Waals surface area (Å²) in [7, 11) is 0. The van der Waals surface area contributed by atoms with Crippen molar-refractivity contribution < 1.29 is 22.5 Å². The van der Waals surface area contributed by atoms with Gasteiger partial charge in [-0.05, 0) is 51.7 Å². The third kappa shape index (κ3) is 4.95. The summed E-state index contributed by atoms with van der Waals surface area (Å²) < 4.78 is 45.5. The first kappa shape index (κ1) is 27.1. The van der Waals surface area contributed by atoms with E-state index in [-0.39, 0.29) is 30.6 Å². The average Bonchev–Trinajstić information content (AvgIpc) is 3.55. The molecule has 0 spiro atoms. The minimum Gasteiger partial charge on any atom is -0.367 e. The highest BCUT2D eigenvalue weighted by molar-refractivity contribution is 6.34. The highest BCUT2D eigenvalue weighted by Gasteiger charge is 2.68. The first-order valence-corrected chi connectivity index (χ1v) is 13.6. The molecule has 12 heteroatoms. The lowest BCUT2D eigenvalue weighted by Crippen LogP contribution is -2.49. The molecule has 2 aliphatic heterocycles. The quantitative estimate of drug-likeness (QED) is 0.531. The summed E-state index contributed by atoms with van der Waals surface area (Å²) in [6, 6.07) is 5.85. The smallest absolute Gasteiger partial charge is 0.367 e. The fourth-order valence-corrected chi connectivity index (χ4v) is 5.62. The Bertz CT molecular complexity index is 1170. The third-order valence-electron chi connectivity index (χ3n) is 8.43. The number of anilines is 2. The zero-order valence-electron chi connectivity index (χ0n) is 21.9. The number of halogens is 4. The second-order valence-electron chi connectivity index (χ2n) is 11.2. The van der Waals surface area contributed by atoms with Crippen LogP contribution in [0.2, 0.25) is 5.02 Å². The fourth-order valence-electron chi connectivity index (χ4n) is 5.40. The summed E-state index contributed by atoms with van der Waals surface area (Å²) in [5.41, 5.74) is -1.08. The zero-order valence-corrected chi connectivity index (χ0v) is 22.7. The van der Waals surface area contributed by atoms with E-state index in [0.717, 1.165) is 31.9 Å². The maximum absolute atomic E-state index is 13.5. The van der Waals surface area contributed by atoms with Crippen molar-refractivity contribution in [2.45, 2.75) is 69.5 Å². The summed E-state index contributed by atoms with van der Waals surface area (Å²) in [6.07, 6.45) is -3.45. The van der Waals surface area contributed by atoms with Crippen molar-refractivity contribution in [2.24, 2.45) is 0 Å². The Balaban J connectivity index is 1.23. The molecule has 0 bridgehead atoms. The minimum absolute atomic E-state index is 0.0275. The second-order valence-corrected chi connectivity index (χ2v) is 11.6. The molecule has 2 saturated heterocycles. The monoisotopic (exact) mass is 554 g/mol. The normalized spacial score (nSPS) is 21.6. The molecule has 3 aliphatic rings. The summed E-state index contributed by atoms with van der Waals surface area (Å²) in [6.45, 7) is 10.6. The van der Waals surface area contributed by atoms with Crippen LogP contribution in [0.5, 0.6) is 0 Å². The Labute approximate surface area is 225 Å². The molecule has 1 N–H and O–H groups in total. The number of amides is 2. The molecule has 3 fully saturated rings. The molecule has 0 unspecified atom stereocenters. The van der Waals surface area contributed by atoms with Gasteiger partial charge in [-0.1, -0.05) is 29.7 Å². The lowest BCUT2D eigenvalue weighted by Gasteiger charge is -2.39. The van der Waals surface area contributed by atoms with Gasteiger partial charge in [-0.25, -0.2) is 4.79 Å². The molecule has 2 aromatic rings. The molecule has 208 valence electrons. The van der Waals surface area contributed by atoms with Crippen LogP contribution in [-0.2, 0) is 10.8 Å². The second kappa shape index (κ2) is 9.89. The van der Waals surface area contributed by atoms with E-state index in [1.165, 1.54) is 0 Å². The Hall–Kier alpha value is -2.53. The standard InChI is InChI=1S/C26H34ClF3N6O2/c1-17(2)34-13-15-35(16-14-34)19-6-4-5-18(27)20(19)31-23(37)36-11-9-24(3,10-12-36)21-32-22(38-33-21)25(7-8-25)26(28,29)30/h4-6,17H,7-16H2,1-3H3,(H,31,37). The number of para-hydroxylation sites is 1. The lowest BCUT2D eigenvalue weighted by molar-refractivity contribution is -0.166. The number of hydrogen-bond donors (Lipinski definition) is 1. The number of likely N-dealkylation sites (tertiary alicyclic amines) is 1. The number of carbonyl (C=O) groups excluding carboxylic acids is 1. The molecule has 3 heterocycles. The first-order chi connectivity index (χ1) is 17.9. The largest absolute Gasteiger partial charge is 0.403 e. The molecule has 2 amide bonds. The SMILES string of the molecule is CC(C)N1CCN(c2cccc(Cl)c2NC(=O)N2CCC(C)(c3noc(C4(C(F)(F)F)CC4)n3)CC2)CC1. The van der Waals surface area contributed by atoms with Gasteiger partial charge in [0.25, 0.3) is 0 Å². The van der Waals surface area contributed by atoms with E-state index in [4.69, 9.17) is 16.1 Å². The highest BCUT2D eigenvalue weighted by atomic mass is 35.5. The molecule has 1 aromatic heterocycles. The van der Waals surface area contributed by atoms with Crippen LogP contribution in [0.15, 0.2) is 22.7 Å². The number of hydrogen-bond acceptors (Lipinski definition) is 6. The van der Waals surface area contributed by atoms with Crippen LogP contribution in [0.1, 0.15) is 58.2 Å². The first-order valence-electron chi connectivity index (χ1n) is 13.2. The molecular formula is C26H34ClF3N6O2. The minimum atomic E-state index is -4.40. The van der Waals surface area contributed by atoms with E-state index in [2.05, 4.69) is 39.1 Å². The maximum atomic E-state index is 13.5. The van der Waals surface area contributed by atoms with E-state index in [1.807, 2.05) is 19.1 Å². The molecule has 8 nitrogen and oxygen atoms in total. The Kier molecular flexibility index (Phi) is 7.04. The molecule has 38 heavy (non-hydrogen) atoms. The van der Waals surface area contributed by atoms with Crippen molar-refractivity contribution in [3.8, 4) is 0 Å². The van der Waals surface area contributed by atoms with Gasteiger partial charge >= 0.3 is 12.2 Å². The zero-order chi connectivity index (χ0) is 27.3. The van der Waals surface area contributed by atoms with Gasteiger partial charge in [0.05, 0.1) is 16.4 Å². The molecule has 0 atom stereocenters. The topological polar surface area (TPSA) is 77.7 Å². The van der Waals surface area contributed by atoms with Crippen molar-refractivity contribution in [2.75, 3.05) is 49.5 Å². The number of nitrogens with one attached hydrogen (secondary N) is 1. The van der Waals surface area contributed by atoms with Crippen LogP contribution in [0, 0.1) is 0 Å². The van der Waals surface area contributed by atoms with Crippen LogP contribution in [0.4, 0.5) is 29.3 Å².